The van der Waals surface area contributed by atoms with Gasteiger partial charge in [-0.25, -0.2) is 9.67 Å². The van der Waals surface area contributed by atoms with Crippen molar-refractivity contribution in [3.05, 3.63) is 12.2 Å². The van der Waals surface area contributed by atoms with E-state index in [2.05, 4.69) is 37.8 Å². The normalized spacial score (nSPS) is 24.0. The third kappa shape index (κ3) is 3.60. The van der Waals surface area contributed by atoms with Crippen molar-refractivity contribution in [3.8, 4) is 0 Å². The van der Waals surface area contributed by atoms with Crippen molar-refractivity contribution in [2.24, 2.45) is 17.3 Å². The smallest absolute Gasteiger partial charge is 0.138 e. The molecule has 1 saturated carbocycles. The number of nitrogens with zero attached hydrogens (tertiary/aromatic N) is 3. The molecule has 1 aromatic heterocycles. The van der Waals surface area contributed by atoms with E-state index < -0.39 is 0 Å². The van der Waals surface area contributed by atoms with Crippen LogP contribution in [0.3, 0.4) is 0 Å². The number of hydrogen-bond acceptors (Lipinski definition) is 3. The average molecular weight is 279 g/mol. The summed E-state index contributed by atoms with van der Waals surface area (Å²) in [6, 6.07) is 0. The van der Waals surface area contributed by atoms with Crippen LogP contribution in [0.15, 0.2) is 6.33 Å². The van der Waals surface area contributed by atoms with Crippen LogP contribution in [0.1, 0.15) is 59.2 Å². The Morgan fingerprint density at radius 3 is 2.80 bits per heavy atom. The Kier molecular flexibility index (Phi) is 4.84. The van der Waals surface area contributed by atoms with Crippen molar-refractivity contribution in [2.75, 3.05) is 0 Å². The number of aromatic nitrogens is 3. The Morgan fingerprint density at radius 1 is 1.40 bits per heavy atom. The summed E-state index contributed by atoms with van der Waals surface area (Å²) in [5.74, 6) is 1.84. The summed E-state index contributed by atoms with van der Waals surface area (Å²) in [5, 5.41) is 14.9. The molecule has 1 heterocycles. The lowest BCUT2D eigenvalue weighted by molar-refractivity contribution is 0.00416. The van der Waals surface area contributed by atoms with Crippen LogP contribution in [0.5, 0.6) is 0 Å². The van der Waals surface area contributed by atoms with Gasteiger partial charge in [-0.15, -0.1) is 0 Å². The molecule has 1 aliphatic rings. The number of hydrogen-bond donors (Lipinski definition) is 1. The van der Waals surface area contributed by atoms with Gasteiger partial charge in [-0.1, -0.05) is 40.5 Å². The molecular formula is C16H29N3O. The van der Waals surface area contributed by atoms with Gasteiger partial charge in [0, 0.05) is 13.0 Å². The molecule has 20 heavy (non-hydrogen) atoms. The van der Waals surface area contributed by atoms with Crippen LogP contribution in [-0.2, 0) is 13.0 Å². The molecule has 0 bridgehead atoms. The van der Waals surface area contributed by atoms with Crippen molar-refractivity contribution < 1.29 is 5.11 Å². The topological polar surface area (TPSA) is 50.9 Å². The predicted molar refractivity (Wildman–Crippen MR) is 80.3 cm³/mol. The van der Waals surface area contributed by atoms with Gasteiger partial charge in [-0.05, 0) is 30.1 Å². The maximum atomic E-state index is 10.7. The zero-order valence-corrected chi connectivity index (χ0v) is 13.3. The lowest BCUT2D eigenvalue weighted by Gasteiger charge is -2.41. The first-order valence-electron chi connectivity index (χ1n) is 7.95. The molecule has 114 valence electrons. The summed E-state index contributed by atoms with van der Waals surface area (Å²) >= 11 is 0. The van der Waals surface area contributed by atoms with Gasteiger partial charge in [0.1, 0.15) is 12.2 Å². The molecule has 2 atom stereocenters. The lowest BCUT2D eigenvalue weighted by Crippen LogP contribution is -2.38. The minimum atomic E-state index is -0.305. The van der Waals surface area contributed by atoms with E-state index in [1.54, 1.807) is 6.33 Å². The Hall–Kier alpha value is -0.900. The first kappa shape index (κ1) is 15.5. The highest BCUT2D eigenvalue weighted by molar-refractivity contribution is 4.94. The second-order valence-corrected chi connectivity index (χ2v) is 7.36. The molecule has 2 unspecified atom stereocenters. The van der Waals surface area contributed by atoms with Crippen molar-refractivity contribution in [1.82, 2.24) is 14.8 Å². The van der Waals surface area contributed by atoms with E-state index in [9.17, 15) is 5.11 Å². The predicted octanol–water partition coefficient (Wildman–Crippen LogP) is 3.05. The van der Waals surface area contributed by atoms with E-state index in [4.69, 9.17) is 0 Å². The van der Waals surface area contributed by atoms with Gasteiger partial charge < -0.3 is 5.11 Å². The molecular weight excluding hydrogens is 250 g/mol. The fourth-order valence-electron chi connectivity index (χ4n) is 3.51. The molecule has 0 saturated heterocycles. The monoisotopic (exact) mass is 279 g/mol. The second kappa shape index (κ2) is 6.25. The van der Waals surface area contributed by atoms with Crippen LogP contribution >= 0.6 is 0 Å². The van der Waals surface area contributed by atoms with Crippen molar-refractivity contribution >= 4 is 0 Å². The van der Waals surface area contributed by atoms with E-state index in [-0.39, 0.29) is 11.5 Å². The first-order chi connectivity index (χ1) is 9.40. The fraction of sp³-hybridized carbons (Fsp3) is 0.875. The highest BCUT2D eigenvalue weighted by atomic mass is 16.3. The van der Waals surface area contributed by atoms with E-state index >= 15 is 0 Å². The van der Waals surface area contributed by atoms with Crippen LogP contribution in [0, 0.1) is 17.3 Å². The quantitative estimate of drug-likeness (QED) is 0.901. The summed E-state index contributed by atoms with van der Waals surface area (Å²) in [7, 11) is 0. The highest BCUT2D eigenvalue weighted by Crippen LogP contribution is 2.42. The molecule has 0 aromatic carbocycles. The van der Waals surface area contributed by atoms with Gasteiger partial charge in [0.05, 0.1) is 6.10 Å². The van der Waals surface area contributed by atoms with Gasteiger partial charge in [0.15, 0.2) is 0 Å². The molecule has 0 amide bonds. The molecule has 0 spiro atoms. The summed E-state index contributed by atoms with van der Waals surface area (Å²) in [4.78, 5) is 4.34. The van der Waals surface area contributed by atoms with Crippen LogP contribution in [-0.4, -0.2) is 26.0 Å². The van der Waals surface area contributed by atoms with Gasteiger partial charge in [0.25, 0.3) is 0 Å². The molecule has 4 heteroatoms. The van der Waals surface area contributed by atoms with E-state index in [0.29, 0.717) is 18.3 Å². The van der Waals surface area contributed by atoms with Gasteiger partial charge >= 0.3 is 0 Å². The molecule has 0 radical (unpaired) electrons. The molecule has 1 aromatic rings. The van der Waals surface area contributed by atoms with Gasteiger partial charge in [-0.3, -0.25) is 0 Å². The van der Waals surface area contributed by atoms with Crippen molar-refractivity contribution in [3.63, 3.8) is 0 Å². The molecule has 0 aliphatic heterocycles. The molecule has 1 N–H and O–H groups in total. The first-order valence-corrected chi connectivity index (χ1v) is 7.95. The van der Waals surface area contributed by atoms with Crippen LogP contribution in [0.4, 0.5) is 0 Å². The summed E-state index contributed by atoms with van der Waals surface area (Å²) in [6.07, 6.45) is 6.81. The lowest BCUT2D eigenvalue weighted by atomic mass is 9.66. The van der Waals surface area contributed by atoms with Gasteiger partial charge in [-0.2, -0.15) is 5.10 Å². The van der Waals surface area contributed by atoms with E-state index in [1.165, 1.54) is 19.3 Å². The standard InChI is InChI=1S/C16H29N3O/c1-12(2)10-19-15(17-11-18-19)9-14(20)13-7-5-6-8-16(13,3)4/h11-14,20H,5-10H2,1-4H3. The Balaban J connectivity index is 2.04. The van der Waals surface area contributed by atoms with Crippen molar-refractivity contribution in [1.29, 1.82) is 0 Å². The second-order valence-electron chi connectivity index (χ2n) is 7.36. The molecule has 2 rings (SSSR count). The highest BCUT2D eigenvalue weighted by Gasteiger charge is 2.37. The summed E-state index contributed by atoms with van der Waals surface area (Å²) in [6.45, 7) is 9.80. The Bertz CT molecular complexity index is 425. The molecule has 1 aliphatic carbocycles. The number of rotatable bonds is 5. The maximum Gasteiger partial charge on any atom is 0.138 e. The number of aliphatic hydroxyl groups is 1. The van der Waals surface area contributed by atoms with Crippen LogP contribution in [0.25, 0.3) is 0 Å². The fourth-order valence-corrected chi connectivity index (χ4v) is 3.51. The minimum absolute atomic E-state index is 0.237. The third-order valence-electron chi connectivity index (χ3n) is 4.68. The summed E-state index contributed by atoms with van der Waals surface area (Å²) < 4.78 is 1.95. The largest absolute Gasteiger partial charge is 0.392 e. The van der Waals surface area contributed by atoms with E-state index in [1.807, 2.05) is 4.68 Å². The van der Waals surface area contributed by atoms with Crippen molar-refractivity contribution in [2.45, 2.75) is 72.4 Å². The van der Waals surface area contributed by atoms with Crippen LogP contribution < -0.4 is 0 Å². The average Bonchev–Trinajstić information content (AvgIpc) is 2.75. The Labute approximate surface area is 122 Å². The summed E-state index contributed by atoms with van der Waals surface area (Å²) in [5.41, 5.74) is 0.237. The zero-order chi connectivity index (χ0) is 14.8. The van der Waals surface area contributed by atoms with E-state index in [0.717, 1.165) is 18.8 Å². The molecule has 1 fully saturated rings. The van der Waals surface area contributed by atoms with Crippen LogP contribution in [0.2, 0.25) is 0 Å². The number of aliphatic hydroxyl groups excluding tert-OH is 1. The zero-order valence-electron chi connectivity index (χ0n) is 13.3. The minimum Gasteiger partial charge on any atom is -0.392 e. The maximum absolute atomic E-state index is 10.7. The van der Waals surface area contributed by atoms with Gasteiger partial charge in [0.2, 0.25) is 0 Å². The SMILES string of the molecule is CC(C)Cn1ncnc1CC(O)C1CCCCC1(C)C. The third-order valence-corrected chi connectivity index (χ3v) is 4.68. The Morgan fingerprint density at radius 2 is 2.15 bits per heavy atom. The molecule has 4 nitrogen and oxygen atoms in total.